The van der Waals surface area contributed by atoms with E-state index in [-0.39, 0.29) is 5.75 Å². The molecule has 2 aromatic rings. The Kier molecular flexibility index (Phi) is 4.17. The molecule has 0 aromatic heterocycles. The quantitative estimate of drug-likeness (QED) is 0.831. The fourth-order valence-electron chi connectivity index (χ4n) is 1.86. The summed E-state index contributed by atoms with van der Waals surface area (Å²) >= 11 is 6.08. The molecule has 2 N–H and O–H groups in total. The van der Waals surface area contributed by atoms with Crippen LogP contribution in [0.15, 0.2) is 36.4 Å². The van der Waals surface area contributed by atoms with Crippen molar-refractivity contribution in [2.75, 3.05) is 12.4 Å². The van der Waals surface area contributed by atoms with Gasteiger partial charge in [-0.3, -0.25) is 0 Å². The van der Waals surface area contributed by atoms with Gasteiger partial charge in [0, 0.05) is 12.2 Å². The van der Waals surface area contributed by atoms with Crippen molar-refractivity contribution in [3.05, 3.63) is 52.5 Å². The molecule has 2 aromatic carbocycles. The van der Waals surface area contributed by atoms with Gasteiger partial charge < -0.3 is 15.2 Å². The first-order valence-electron chi connectivity index (χ1n) is 5.96. The molecule has 3 nitrogen and oxygen atoms in total. The first kappa shape index (κ1) is 13.6. The van der Waals surface area contributed by atoms with Gasteiger partial charge in [-0.2, -0.15) is 0 Å². The van der Waals surface area contributed by atoms with E-state index >= 15 is 0 Å². The lowest BCUT2D eigenvalue weighted by Crippen LogP contribution is -2.01. The molecule has 0 spiro atoms. The molecule has 0 atom stereocenters. The first-order valence-corrected chi connectivity index (χ1v) is 6.34. The molecule has 0 aliphatic carbocycles. The molecule has 4 heteroatoms. The smallest absolute Gasteiger partial charge is 0.137 e. The number of hydrogen-bond acceptors (Lipinski definition) is 3. The van der Waals surface area contributed by atoms with E-state index in [1.165, 1.54) is 0 Å². The molecule has 0 radical (unpaired) electrons. The van der Waals surface area contributed by atoms with Gasteiger partial charge in [0.2, 0.25) is 0 Å². The molecule has 0 aliphatic rings. The zero-order valence-electron chi connectivity index (χ0n) is 10.9. The Bertz CT molecular complexity index is 584. The Morgan fingerprint density at radius 1 is 1.21 bits per heavy atom. The summed E-state index contributed by atoms with van der Waals surface area (Å²) in [6.07, 6.45) is 0. The summed E-state index contributed by atoms with van der Waals surface area (Å²) in [5.74, 6) is 0.946. The number of ether oxygens (including phenoxy) is 1. The largest absolute Gasteiger partial charge is 0.508 e. The second-order valence-corrected chi connectivity index (χ2v) is 4.73. The molecule has 2 rings (SSSR count). The van der Waals surface area contributed by atoms with Crippen LogP contribution in [0.4, 0.5) is 5.69 Å². The lowest BCUT2D eigenvalue weighted by molar-refractivity contribution is 0.415. The number of phenols is 1. The van der Waals surface area contributed by atoms with Crippen molar-refractivity contribution in [1.29, 1.82) is 0 Å². The summed E-state index contributed by atoms with van der Waals surface area (Å²) in [5, 5.41) is 13.3. The van der Waals surface area contributed by atoms with Crippen LogP contribution in [0.2, 0.25) is 5.02 Å². The second kappa shape index (κ2) is 5.85. The molecule has 0 saturated carbocycles. The third-order valence-electron chi connectivity index (χ3n) is 2.91. The molecule has 0 bridgehead atoms. The normalized spacial score (nSPS) is 10.3. The van der Waals surface area contributed by atoms with E-state index in [2.05, 4.69) is 5.32 Å². The van der Waals surface area contributed by atoms with E-state index in [0.717, 1.165) is 16.8 Å². The Balaban J connectivity index is 2.08. The van der Waals surface area contributed by atoms with E-state index in [1.807, 2.05) is 31.2 Å². The topological polar surface area (TPSA) is 41.5 Å². The minimum Gasteiger partial charge on any atom is -0.508 e. The maximum Gasteiger partial charge on any atom is 0.137 e. The third-order valence-corrected chi connectivity index (χ3v) is 3.20. The van der Waals surface area contributed by atoms with Gasteiger partial charge in [-0.15, -0.1) is 0 Å². The van der Waals surface area contributed by atoms with Crippen molar-refractivity contribution >= 4 is 17.3 Å². The second-order valence-electron chi connectivity index (χ2n) is 4.32. The van der Waals surface area contributed by atoms with E-state index in [4.69, 9.17) is 16.3 Å². The zero-order chi connectivity index (χ0) is 13.8. The van der Waals surface area contributed by atoms with Gasteiger partial charge in [0.25, 0.3) is 0 Å². The van der Waals surface area contributed by atoms with Crippen LogP contribution in [-0.2, 0) is 6.54 Å². The standard InChI is InChI=1S/C15H16ClNO2/c1-10-7-12(18)4-5-14(10)17-9-11-3-6-15(19-2)13(16)8-11/h3-8,17-18H,9H2,1-2H3. The van der Waals surface area contributed by atoms with Gasteiger partial charge in [0.1, 0.15) is 11.5 Å². The van der Waals surface area contributed by atoms with E-state index < -0.39 is 0 Å². The van der Waals surface area contributed by atoms with Crippen LogP contribution in [-0.4, -0.2) is 12.2 Å². The third kappa shape index (κ3) is 3.32. The lowest BCUT2D eigenvalue weighted by atomic mass is 10.1. The van der Waals surface area contributed by atoms with Crippen LogP contribution in [0.25, 0.3) is 0 Å². The first-order chi connectivity index (χ1) is 9.10. The highest BCUT2D eigenvalue weighted by molar-refractivity contribution is 6.32. The molecule has 0 aliphatic heterocycles. The molecule has 0 amide bonds. The predicted octanol–water partition coefficient (Wildman–Crippen LogP) is 3.97. The highest BCUT2D eigenvalue weighted by Crippen LogP contribution is 2.26. The summed E-state index contributed by atoms with van der Waals surface area (Å²) in [7, 11) is 1.60. The summed E-state index contributed by atoms with van der Waals surface area (Å²) in [6.45, 7) is 2.61. The summed E-state index contributed by atoms with van der Waals surface area (Å²) < 4.78 is 5.11. The number of rotatable bonds is 4. The van der Waals surface area contributed by atoms with Crippen molar-refractivity contribution in [3.8, 4) is 11.5 Å². The molecular weight excluding hydrogens is 262 g/mol. The number of methoxy groups -OCH3 is 1. The number of anilines is 1. The SMILES string of the molecule is COc1ccc(CNc2ccc(O)cc2C)cc1Cl. The highest BCUT2D eigenvalue weighted by atomic mass is 35.5. The van der Waals surface area contributed by atoms with Gasteiger partial charge >= 0.3 is 0 Å². The van der Waals surface area contributed by atoms with Crippen molar-refractivity contribution in [3.63, 3.8) is 0 Å². The van der Waals surface area contributed by atoms with Crippen LogP contribution in [0.1, 0.15) is 11.1 Å². The van der Waals surface area contributed by atoms with Crippen LogP contribution in [0, 0.1) is 6.92 Å². The zero-order valence-corrected chi connectivity index (χ0v) is 11.7. The average Bonchev–Trinajstić information content (AvgIpc) is 2.38. The van der Waals surface area contributed by atoms with Crippen LogP contribution < -0.4 is 10.1 Å². The monoisotopic (exact) mass is 277 g/mol. The maximum atomic E-state index is 9.36. The van der Waals surface area contributed by atoms with Crippen LogP contribution in [0.3, 0.4) is 0 Å². The van der Waals surface area contributed by atoms with Crippen molar-refractivity contribution in [2.45, 2.75) is 13.5 Å². The summed E-state index contributed by atoms with van der Waals surface area (Å²) in [4.78, 5) is 0. The number of halogens is 1. The number of aryl methyl sites for hydroxylation is 1. The van der Waals surface area contributed by atoms with Gasteiger partial charge in [-0.1, -0.05) is 17.7 Å². The number of aromatic hydroxyl groups is 1. The van der Waals surface area contributed by atoms with Gasteiger partial charge in [0.05, 0.1) is 12.1 Å². The Hall–Kier alpha value is -1.87. The summed E-state index contributed by atoms with van der Waals surface area (Å²) in [6, 6.07) is 10.9. The fraction of sp³-hybridized carbons (Fsp3) is 0.200. The maximum absolute atomic E-state index is 9.36. The minimum atomic E-state index is 0.274. The van der Waals surface area contributed by atoms with Crippen LogP contribution >= 0.6 is 11.6 Å². The molecule has 19 heavy (non-hydrogen) atoms. The molecule has 0 heterocycles. The Morgan fingerprint density at radius 2 is 2.00 bits per heavy atom. The van der Waals surface area contributed by atoms with Gasteiger partial charge in [0.15, 0.2) is 0 Å². The average molecular weight is 278 g/mol. The highest BCUT2D eigenvalue weighted by Gasteiger charge is 2.03. The Labute approximate surface area is 117 Å². The Morgan fingerprint density at radius 3 is 2.63 bits per heavy atom. The van der Waals surface area contributed by atoms with Gasteiger partial charge in [-0.05, 0) is 48.4 Å². The number of nitrogens with one attached hydrogen (secondary N) is 1. The van der Waals surface area contributed by atoms with Crippen molar-refractivity contribution in [2.24, 2.45) is 0 Å². The molecule has 0 fully saturated rings. The van der Waals surface area contributed by atoms with Crippen molar-refractivity contribution in [1.82, 2.24) is 0 Å². The minimum absolute atomic E-state index is 0.274. The van der Waals surface area contributed by atoms with Crippen molar-refractivity contribution < 1.29 is 9.84 Å². The molecular formula is C15H16ClNO2. The van der Waals surface area contributed by atoms with E-state index in [0.29, 0.717) is 17.3 Å². The molecule has 100 valence electrons. The lowest BCUT2D eigenvalue weighted by Gasteiger charge is -2.11. The number of benzene rings is 2. The predicted molar refractivity (Wildman–Crippen MR) is 78.2 cm³/mol. The summed E-state index contributed by atoms with van der Waals surface area (Å²) in [5.41, 5.74) is 3.06. The molecule has 0 unspecified atom stereocenters. The number of hydrogen-bond donors (Lipinski definition) is 2. The fourth-order valence-corrected chi connectivity index (χ4v) is 2.14. The molecule has 0 saturated heterocycles. The number of phenolic OH excluding ortho intramolecular Hbond substituents is 1. The van der Waals surface area contributed by atoms with Gasteiger partial charge in [-0.25, -0.2) is 0 Å². The van der Waals surface area contributed by atoms with E-state index in [1.54, 1.807) is 19.2 Å². The van der Waals surface area contributed by atoms with E-state index in [9.17, 15) is 5.11 Å². The van der Waals surface area contributed by atoms with Crippen LogP contribution in [0.5, 0.6) is 11.5 Å².